The van der Waals surface area contributed by atoms with Crippen molar-refractivity contribution >= 4 is 35.2 Å². The topological polar surface area (TPSA) is 127 Å². The van der Waals surface area contributed by atoms with E-state index in [4.69, 9.17) is 18.9 Å². The first kappa shape index (κ1) is 34.5. The van der Waals surface area contributed by atoms with Crippen LogP contribution in [0.25, 0.3) is 0 Å². The second-order valence-corrected chi connectivity index (χ2v) is 13.5. The molecule has 2 aliphatic heterocycles. The fourth-order valence-corrected chi connectivity index (χ4v) is 5.82. The van der Waals surface area contributed by atoms with E-state index >= 15 is 0 Å². The molecular weight excluding hydrogens is 580 g/mol. The van der Waals surface area contributed by atoms with Crippen LogP contribution in [0.15, 0.2) is 18.2 Å². The molecule has 1 unspecified atom stereocenters. The number of hydrogen-bond donors (Lipinski definition) is 1. The lowest BCUT2D eigenvalue weighted by Gasteiger charge is -2.40. The van der Waals surface area contributed by atoms with Gasteiger partial charge >= 0.3 is 6.09 Å². The van der Waals surface area contributed by atoms with Crippen molar-refractivity contribution in [2.45, 2.75) is 84.5 Å². The summed E-state index contributed by atoms with van der Waals surface area (Å²) in [5.41, 5.74) is -0.493. The quantitative estimate of drug-likeness (QED) is 0.346. The van der Waals surface area contributed by atoms with Gasteiger partial charge in [0, 0.05) is 58.2 Å². The number of benzene rings is 1. The molecular formula is C33H50N4O8. The summed E-state index contributed by atoms with van der Waals surface area (Å²) < 4.78 is 22.3. The number of ether oxygens (including phenoxy) is 4. The number of carbonyl (C=O) groups is 4. The first-order valence-corrected chi connectivity index (χ1v) is 16.1. The molecule has 2 atom stereocenters. The van der Waals surface area contributed by atoms with Crippen molar-refractivity contribution in [1.29, 1.82) is 0 Å². The lowest BCUT2D eigenvalue weighted by molar-refractivity contribution is -0.133. The van der Waals surface area contributed by atoms with Crippen LogP contribution < -0.4 is 19.9 Å². The Bertz CT molecular complexity index is 1240. The second-order valence-electron chi connectivity index (χ2n) is 13.5. The minimum Gasteiger partial charge on any atom is -0.476 e. The number of rotatable bonds is 12. The smallest absolute Gasteiger partial charge is 0.410 e. The van der Waals surface area contributed by atoms with Crippen LogP contribution >= 0.6 is 0 Å². The Kier molecular flexibility index (Phi) is 11.0. The lowest BCUT2D eigenvalue weighted by atomic mass is 9.87. The molecule has 0 radical (unpaired) electrons. The van der Waals surface area contributed by atoms with Crippen molar-refractivity contribution < 1.29 is 38.1 Å². The van der Waals surface area contributed by atoms with Crippen LogP contribution in [0.5, 0.6) is 5.75 Å². The molecule has 45 heavy (non-hydrogen) atoms. The zero-order valence-electron chi connectivity index (χ0n) is 27.8. The van der Waals surface area contributed by atoms with Gasteiger partial charge in [0.05, 0.1) is 24.1 Å². The van der Waals surface area contributed by atoms with Crippen LogP contribution in [-0.4, -0.2) is 99.1 Å². The third-order valence-corrected chi connectivity index (χ3v) is 8.09. The number of anilines is 2. The molecule has 4 amide bonds. The second kappa shape index (κ2) is 14.4. The maximum absolute atomic E-state index is 14.4. The Morgan fingerprint density at radius 2 is 1.82 bits per heavy atom. The summed E-state index contributed by atoms with van der Waals surface area (Å²) in [6, 6.07) is 5.50. The fourth-order valence-electron chi connectivity index (χ4n) is 5.82. The molecule has 1 N–H and O–H groups in total. The number of piperidine rings is 1. The summed E-state index contributed by atoms with van der Waals surface area (Å²) in [4.78, 5) is 59.2. The summed E-state index contributed by atoms with van der Waals surface area (Å²) in [7, 11) is 1.63. The van der Waals surface area contributed by atoms with Gasteiger partial charge in [0.1, 0.15) is 11.4 Å². The highest BCUT2D eigenvalue weighted by atomic mass is 16.6. The molecule has 3 aliphatic rings. The SMILES string of the molecule is CCOCCNC(=O)[C@H]1CC(C(=O)N(c2ccc3c(c2)N(CCCOC)C(=O)C(C)(C)O3)C2CC2)CN(C(=O)OC(C)(C)C)C1. The van der Waals surface area contributed by atoms with E-state index in [2.05, 4.69) is 5.32 Å². The molecule has 2 fully saturated rings. The minimum absolute atomic E-state index is 0.00971. The molecule has 12 heteroatoms. The molecule has 1 aliphatic carbocycles. The Labute approximate surface area is 266 Å². The Morgan fingerprint density at radius 3 is 2.47 bits per heavy atom. The van der Waals surface area contributed by atoms with E-state index in [9.17, 15) is 19.2 Å². The molecule has 12 nitrogen and oxygen atoms in total. The van der Waals surface area contributed by atoms with Gasteiger partial charge < -0.3 is 39.0 Å². The highest BCUT2D eigenvalue weighted by Gasteiger charge is 2.45. The van der Waals surface area contributed by atoms with Crippen LogP contribution in [0.1, 0.15) is 67.2 Å². The maximum atomic E-state index is 14.4. The van der Waals surface area contributed by atoms with E-state index < -0.39 is 29.1 Å². The third kappa shape index (κ3) is 8.66. The number of amides is 4. The predicted molar refractivity (Wildman–Crippen MR) is 169 cm³/mol. The third-order valence-electron chi connectivity index (χ3n) is 8.09. The maximum Gasteiger partial charge on any atom is 0.410 e. The lowest BCUT2D eigenvalue weighted by Crippen LogP contribution is -2.54. The van der Waals surface area contributed by atoms with E-state index in [-0.39, 0.29) is 36.9 Å². The highest BCUT2D eigenvalue weighted by molar-refractivity contribution is 6.04. The summed E-state index contributed by atoms with van der Waals surface area (Å²) >= 11 is 0. The number of methoxy groups -OCH3 is 1. The van der Waals surface area contributed by atoms with Crippen molar-refractivity contribution in [3.05, 3.63) is 18.2 Å². The van der Waals surface area contributed by atoms with Crippen LogP contribution in [0.2, 0.25) is 0 Å². The fraction of sp³-hybridized carbons (Fsp3) is 0.697. The van der Waals surface area contributed by atoms with E-state index in [1.807, 2.05) is 25.1 Å². The number of nitrogens with one attached hydrogen (secondary N) is 1. The number of likely N-dealkylation sites (tertiary alicyclic amines) is 1. The van der Waals surface area contributed by atoms with Gasteiger partial charge in [0.15, 0.2) is 5.60 Å². The van der Waals surface area contributed by atoms with Crippen molar-refractivity contribution in [2.24, 2.45) is 11.8 Å². The molecule has 250 valence electrons. The van der Waals surface area contributed by atoms with Gasteiger partial charge in [0.25, 0.3) is 5.91 Å². The molecule has 0 bridgehead atoms. The summed E-state index contributed by atoms with van der Waals surface area (Å²) in [6.45, 7) is 13.3. The van der Waals surface area contributed by atoms with Gasteiger partial charge in [-0.2, -0.15) is 0 Å². The minimum atomic E-state index is -1.03. The van der Waals surface area contributed by atoms with E-state index in [0.717, 1.165) is 12.8 Å². The number of hydrogen-bond acceptors (Lipinski definition) is 8. The van der Waals surface area contributed by atoms with Crippen molar-refractivity contribution in [3.63, 3.8) is 0 Å². The molecule has 0 aromatic heterocycles. The van der Waals surface area contributed by atoms with E-state index in [1.165, 1.54) is 4.90 Å². The Hall–Kier alpha value is -3.38. The summed E-state index contributed by atoms with van der Waals surface area (Å²) in [5, 5.41) is 2.89. The molecule has 1 saturated heterocycles. The monoisotopic (exact) mass is 630 g/mol. The van der Waals surface area contributed by atoms with Gasteiger partial charge in [-0.15, -0.1) is 0 Å². The van der Waals surface area contributed by atoms with Crippen molar-refractivity contribution in [3.8, 4) is 5.75 Å². The normalized spacial score (nSPS) is 21.1. The predicted octanol–water partition coefficient (Wildman–Crippen LogP) is 3.75. The first-order valence-electron chi connectivity index (χ1n) is 16.1. The van der Waals surface area contributed by atoms with E-state index in [1.54, 1.807) is 51.5 Å². The molecule has 1 saturated carbocycles. The van der Waals surface area contributed by atoms with E-state index in [0.29, 0.717) is 62.9 Å². The highest BCUT2D eigenvalue weighted by Crippen LogP contribution is 2.43. The number of nitrogens with zero attached hydrogens (tertiary/aromatic N) is 3. The van der Waals surface area contributed by atoms with Crippen LogP contribution in [0, 0.1) is 11.8 Å². The summed E-state index contributed by atoms with van der Waals surface area (Å²) in [6.07, 6.45) is 2.07. The average molecular weight is 631 g/mol. The molecule has 4 rings (SSSR count). The van der Waals surface area contributed by atoms with Crippen LogP contribution in [-0.2, 0) is 28.6 Å². The van der Waals surface area contributed by atoms with Crippen molar-refractivity contribution in [2.75, 3.05) is 62.9 Å². The molecule has 2 heterocycles. The Morgan fingerprint density at radius 1 is 1.11 bits per heavy atom. The van der Waals surface area contributed by atoms with Gasteiger partial charge in [-0.1, -0.05) is 0 Å². The first-order chi connectivity index (χ1) is 21.3. The largest absolute Gasteiger partial charge is 0.476 e. The Balaban J connectivity index is 1.61. The molecule has 1 aromatic rings. The standard InChI is InChI=1S/C33H50N4O8/c1-8-43-17-14-34-28(38)22-18-23(21-35(20-22)31(41)45-32(2,3)4)29(39)37(24-10-11-24)25-12-13-27-26(19-25)36(15-9-16-42-7)30(40)33(5,6)44-27/h12-13,19,22-24H,8-11,14-18,20-21H2,1-7H3,(H,34,38)/t22-,23?/m0/s1. The van der Waals surface area contributed by atoms with Gasteiger partial charge in [-0.05, 0) is 85.4 Å². The van der Waals surface area contributed by atoms with Crippen molar-refractivity contribution in [1.82, 2.24) is 10.2 Å². The van der Waals surface area contributed by atoms with Gasteiger partial charge in [-0.3, -0.25) is 14.4 Å². The summed E-state index contributed by atoms with van der Waals surface area (Å²) in [5.74, 6) is -1.19. The zero-order valence-corrected chi connectivity index (χ0v) is 27.8. The molecule has 1 aromatic carbocycles. The van der Waals surface area contributed by atoms with Crippen LogP contribution in [0.3, 0.4) is 0 Å². The van der Waals surface area contributed by atoms with Gasteiger partial charge in [0.2, 0.25) is 11.8 Å². The van der Waals surface area contributed by atoms with Crippen LogP contribution in [0.4, 0.5) is 16.2 Å². The average Bonchev–Trinajstić information content (AvgIpc) is 3.81. The number of carbonyl (C=O) groups excluding carboxylic acids is 4. The zero-order chi connectivity index (χ0) is 32.9. The molecule has 0 spiro atoms. The van der Waals surface area contributed by atoms with Gasteiger partial charge in [-0.25, -0.2) is 4.79 Å². The number of fused-ring (bicyclic) bond motifs is 1.